The van der Waals surface area contributed by atoms with Gasteiger partial charge >= 0.3 is 0 Å². The number of nitrogens with zero attached hydrogens (tertiary/aromatic N) is 1. The number of anilines is 2. The van der Waals surface area contributed by atoms with Crippen LogP contribution in [0.1, 0.15) is 37.4 Å². The second-order valence-electron chi connectivity index (χ2n) is 5.28. The van der Waals surface area contributed by atoms with Gasteiger partial charge in [-0.2, -0.15) is 0 Å². The molecule has 1 aromatic heterocycles. The molecule has 0 spiro atoms. The fourth-order valence-corrected chi connectivity index (χ4v) is 2.78. The molecule has 2 aromatic rings. The van der Waals surface area contributed by atoms with Crippen LogP contribution in [0.15, 0.2) is 23.6 Å². The van der Waals surface area contributed by atoms with Crippen LogP contribution in [-0.2, 0) is 11.3 Å². The zero-order valence-electron chi connectivity index (χ0n) is 13.3. The van der Waals surface area contributed by atoms with Crippen LogP contribution in [0.4, 0.5) is 11.4 Å². The summed E-state index contributed by atoms with van der Waals surface area (Å²) < 4.78 is 5.24. The third-order valence-electron chi connectivity index (χ3n) is 3.06. The van der Waals surface area contributed by atoms with Crippen LogP contribution in [0.2, 0.25) is 0 Å². The minimum Gasteiger partial charge on any atom is -0.497 e. The smallest absolute Gasteiger partial charge is 0.221 e. The summed E-state index contributed by atoms with van der Waals surface area (Å²) in [6, 6.07) is 5.50. The van der Waals surface area contributed by atoms with Crippen molar-refractivity contribution in [1.29, 1.82) is 0 Å². The maximum Gasteiger partial charge on any atom is 0.221 e. The Kier molecular flexibility index (Phi) is 5.38. The van der Waals surface area contributed by atoms with Crippen LogP contribution in [-0.4, -0.2) is 18.0 Å². The summed E-state index contributed by atoms with van der Waals surface area (Å²) in [6.45, 7) is 6.35. The molecule has 0 saturated carbocycles. The number of benzene rings is 1. The van der Waals surface area contributed by atoms with Crippen LogP contribution in [0, 0.1) is 0 Å². The molecule has 0 aliphatic carbocycles. The molecule has 1 aromatic carbocycles. The van der Waals surface area contributed by atoms with Gasteiger partial charge in [-0.1, -0.05) is 13.8 Å². The number of nitrogens with one attached hydrogen (secondary N) is 2. The molecule has 22 heavy (non-hydrogen) atoms. The van der Waals surface area contributed by atoms with Crippen LogP contribution < -0.4 is 15.4 Å². The number of hydrogen-bond donors (Lipinski definition) is 2. The number of aromatic nitrogens is 1. The van der Waals surface area contributed by atoms with Gasteiger partial charge < -0.3 is 15.4 Å². The lowest BCUT2D eigenvalue weighted by atomic mass is 10.2. The molecule has 0 radical (unpaired) electrons. The van der Waals surface area contributed by atoms with Gasteiger partial charge in [0, 0.05) is 24.3 Å². The van der Waals surface area contributed by atoms with Crippen molar-refractivity contribution in [3.05, 3.63) is 34.3 Å². The Hall–Kier alpha value is -2.08. The number of rotatable bonds is 6. The van der Waals surface area contributed by atoms with Crippen LogP contribution >= 0.6 is 11.3 Å². The highest BCUT2D eigenvalue weighted by Crippen LogP contribution is 2.28. The number of amides is 1. The molecule has 1 heterocycles. The van der Waals surface area contributed by atoms with Gasteiger partial charge in [0.2, 0.25) is 5.91 Å². The quantitative estimate of drug-likeness (QED) is 0.849. The first kappa shape index (κ1) is 16.3. The average molecular weight is 319 g/mol. The second kappa shape index (κ2) is 7.26. The molecule has 0 aliphatic heterocycles. The first-order valence-electron chi connectivity index (χ1n) is 7.13. The minimum atomic E-state index is -0.107. The molecule has 2 rings (SSSR count). The molecule has 0 atom stereocenters. The van der Waals surface area contributed by atoms with Crippen molar-refractivity contribution in [3.8, 4) is 5.75 Å². The molecule has 6 heteroatoms. The molecule has 0 fully saturated rings. The van der Waals surface area contributed by atoms with Gasteiger partial charge in [0.15, 0.2) is 0 Å². The van der Waals surface area contributed by atoms with Crippen LogP contribution in [0.25, 0.3) is 0 Å². The fourth-order valence-electron chi connectivity index (χ4n) is 1.95. The average Bonchev–Trinajstić information content (AvgIpc) is 2.95. The van der Waals surface area contributed by atoms with Crippen molar-refractivity contribution >= 4 is 28.6 Å². The van der Waals surface area contributed by atoms with E-state index in [1.165, 1.54) is 6.92 Å². The minimum absolute atomic E-state index is 0.107. The van der Waals surface area contributed by atoms with Crippen molar-refractivity contribution < 1.29 is 9.53 Å². The first-order valence-corrected chi connectivity index (χ1v) is 8.01. The number of thiazole rings is 1. The number of hydrogen-bond acceptors (Lipinski definition) is 5. The highest BCUT2D eigenvalue weighted by atomic mass is 32.1. The topological polar surface area (TPSA) is 63.2 Å². The second-order valence-corrected chi connectivity index (χ2v) is 6.17. The van der Waals surface area contributed by atoms with E-state index in [9.17, 15) is 4.79 Å². The van der Waals surface area contributed by atoms with Gasteiger partial charge in [0.1, 0.15) is 5.75 Å². The van der Waals surface area contributed by atoms with Crippen molar-refractivity contribution in [1.82, 2.24) is 4.98 Å². The molecule has 5 nitrogen and oxygen atoms in total. The van der Waals surface area contributed by atoms with E-state index in [1.54, 1.807) is 18.4 Å². The van der Waals surface area contributed by atoms with Gasteiger partial charge in [-0.05, 0) is 12.1 Å². The normalized spacial score (nSPS) is 10.6. The van der Waals surface area contributed by atoms with Crippen molar-refractivity contribution in [2.75, 3.05) is 17.7 Å². The summed E-state index contributed by atoms with van der Waals surface area (Å²) in [7, 11) is 1.62. The van der Waals surface area contributed by atoms with E-state index in [4.69, 9.17) is 4.74 Å². The summed E-state index contributed by atoms with van der Waals surface area (Å²) >= 11 is 1.67. The summed E-state index contributed by atoms with van der Waals surface area (Å²) in [4.78, 5) is 15.9. The lowest BCUT2D eigenvalue weighted by Gasteiger charge is -2.13. The SMILES string of the molecule is COc1ccc(NC(C)=O)c(NCc2csc(C(C)C)n2)c1. The standard InChI is InChI=1S/C16H21N3O2S/c1-10(2)16-19-12(9-22-16)8-17-15-7-13(21-4)5-6-14(15)18-11(3)20/h5-7,9-10,17H,8H2,1-4H3,(H,18,20). The predicted molar refractivity (Wildman–Crippen MR) is 90.8 cm³/mol. The summed E-state index contributed by atoms with van der Waals surface area (Å²) in [5.74, 6) is 1.06. The molecule has 0 saturated heterocycles. The van der Waals surface area contributed by atoms with E-state index in [0.717, 1.165) is 27.8 Å². The van der Waals surface area contributed by atoms with Crippen LogP contribution in [0.3, 0.4) is 0 Å². The lowest BCUT2D eigenvalue weighted by molar-refractivity contribution is -0.114. The van der Waals surface area contributed by atoms with E-state index in [1.807, 2.05) is 18.2 Å². The highest BCUT2D eigenvalue weighted by molar-refractivity contribution is 7.09. The molecule has 1 amide bonds. The van der Waals surface area contributed by atoms with E-state index < -0.39 is 0 Å². The molecule has 0 aliphatic rings. The molecule has 2 N–H and O–H groups in total. The van der Waals surface area contributed by atoms with E-state index in [-0.39, 0.29) is 5.91 Å². The monoisotopic (exact) mass is 319 g/mol. The Morgan fingerprint density at radius 2 is 2.14 bits per heavy atom. The molecular weight excluding hydrogens is 298 g/mol. The Bertz CT molecular complexity index is 653. The number of methoxy groups -OCH3 is 1. The van der Waals surface area contributed by atoms with Crippen molar-refractivity contribution in [2.45, 2.75) is 33.2 Å². The van der Waals surface area contributed by atoms with E-state index in [2.05, 4.69) is 34.8 Å². The largest absolute Gasteiger partial charge is 0.497 e. The van der Waals surface area contributed by atoms with Gasteiger partial charge in [0.05, 0.1) is 35.7 Å². The van der Waals surface area contributed by atoms with Gasteiger partial charge in [-0.3, -0.25) is 4.79 Å². The number of ether oxygens (including phenoxy) is 1. The Balaban J connectivity index is 2.13. The fraction of sp³-hybridized carbons (Fsp3) is 0.375. The van der Waals surface area contributed by atoms with Gasteiger partial charge in [0.25, 0.3) is 0 Å². The van der Waals surface area contributed by atoms with Crippen molar-refractivity contribution in [2.24, 2.45) is 0 Å². The zero-order valence-corrected chi connectivity index (χ0v) is 14.1. The third-order valence-corrected chi connectivity index (χ3v) is 4.25. The maximum atomic E-state index is 11.3. The molecule has 0 bridgehead atoms. The van der Waals surface area contributed by atoms with E-state index >= 15 is 0 Å². The Labute approximate surface area is 134 Å². The molecule has 118 valence electrons. The highest BCUT2D eigenvalue weighted by Gasteiger charge is 2.09. The first-order chi connectivity index (χ1) is 10.5. The predicted octanol–water partition coefficient (Wildman–Crippen LogP) is 3.85. The van der Waals surface area contributed by atoms with Crippen LogP contribution in [0.5, 0.6) is 5.75 Å². The van der Waals surface area contributed by atoms with Crippen molar-refractivity contribution in [3.63, 3.8) is 0 Å². The Morgan fingerprint density at radius 1 is 1.36 bits per heavy atom. The molecule has 0 unspecified atom stereocenters. The summed E-state index contributed by atoms with van der Waals surface area (Å²) in [5, 5.41) is 9.31. The number of carbonyl (C=O) groups excluding carboxylic acids is 1. The maximum absolute atomic E-state index is 11.3. The van der Waals surface area contributed by atoms with E-state index in [0.29, 0.717) is 12.5 Å². The van der Waals surface area contributed by atoms with Gasteiger partial charge in [-0.25, -0.2) is 4.98 Å². The Morgan fingerprint density at radius 3 is 2.73 bits per heavy atom. The lowest BCUT2D eigenvalue weighted by Crippen LogP contribution is -2.09. The summed E-state index contributed by atoms with van der Waals surface area (Å²) in [5.41, 5.74) is 2.53. The van der Waals surface area contributed by atoms with Gasteiger partial charge in [-0.15, -0.1) is 11.3 Å². The number of carbonyl (C=O) groups is 1. The summed E-state index contributed by atoms with van der Waals surface area (Å²) in [6.07, 6.45) is 0. The molecular formula is C16H21N3O2S. The zero-order chi connectivity index (χ0) is 16.1. The third kappa shape index (κ3) is 4.21.